The lowest BCUT2D eigenvalue weighted by Crippen LogP contribution is -2.67. The Bertz CT molecular complexity index is 897. The van der Waals surface area contributed by atoms with E-state index in [1.54, 1.807) is 17.9 Å². The summed E-state index contributed by atoms with van der Waals surface area (Å²) in [5.41, 5.74) is -0.130. The van der Waals surface area contributed by atoms with E-state index in [0.717, 1.165) is 19.3 Å². The van der Waals surface area contributed by atoms with Crippen LogP contribution in [0.2, 0.25) is 0 Å². The molecule has 6 rings (SSSR count). The van der Waals surface area contributed by atoms with Gasteiger partial charge in [0.25, 0.3) is 5.91 Å². The third-order valence-electron chi connectivity index (χ3n) is 7.40. The fourth-order valence-electron chi connectivity index (χ4n) is 5.82. The molecule has 3 aliphatic carbocycles. The lowest BCUT2D eigenvalue weighted by atomic mass is 9.59. The van der Waals surface area contributed by atoms with E-state index < -0.39 is 5.72 Å². The molecule has 4 fully saturated rings. The third kappa shape index (κ3) is 3.42. The van der Waals surface area contributed by atoms with Crippen LogP contribution in [-0.2, 0) is 9.53 Å². The van der Waals surface area contributed by atoms with E-state index in [1.165, 1.54) is 0 Å². The Balaban J connectivity index is 1.25. The molecule has 1 aromatic rings. The van der Waals surface area contributed by atoms with Gasteiger partial charge in [0.15, 0.2) is 5.72 Å². The smallest absolute Gasteiger partial charge is 0.409 e. The highest BCUT2D eigenvalue weighted by Crippen LogP contribution is 2.52. The topological polar surface area (TPSA) is 88.2 Å². The van der Waals surface area contributed by atoms with Gasteiger partial charge in [-0.1, -0.05) is 12.1 Å². The Labute approximate surface area is 181 Å². The molecule has 3 amide bonds. The molecule has 166 valence electrons. The summed E-state index contributed by atoms with van der Waals surface area (Å²) in [5.74, 6) is 0.978. The number of rotatable bonds is 2. The average molecular weight is 428 g/mol. The number of para-hydroxylation sites is 1. The number of nitrogens with one attached hydrogen (secondary N) is 1. The summed E-state index contributed by atoms with van der Waals surface area (Å²) in [6, 6.07) is 7.35. The van der Waals surface area contributed by atoms with Gasteiger partial charge in [-0.15, -0.1) is 0 Å². The quantitative estimate of drug-likeness (QED) is 0.782. The molecule has 2 heterocycles. The molecule has 1 saturated heterocycles. The monoisotopic (exact) mass is 427 g/mol. The van der Waals surface area contributed by atoms with Gasteiger partial charge in [0.05, 0.1) is 12.2 Å². The highest BCUT2D eigenvalue weighted by molar-refractivity contribution is 5.98. The zero-order valence-corrected chi connectivity index (χ0v) is 17.8. The number of fused-ring (bicyclic) bond motifs is 3. The standard InChI is InChI=1S/C23H29N3O5/c1-2-30-22(29)26-11-9-25(10-12-26)21(28)18-13-16-8-7-15(18)14-23(16)24-20(27)17-5-3-4-6-19(17)31-23/h3-6,15-16,18H,2,7-14H2,1H3,(H,24,27)/t15-,16+,18+,23-/m0/s1. The lowest BCUT2D eigenvalue weighted by molar-refractivity contribution is -0.156. The van der Waals surface area contributed by atoms with E-state index >= 15 is 0 Å². The van der Waals surface area contributed by atoms with Crippen LogP contribution in [0.3, 0.4) is 0 Å². The van der Waals surface area contributed by atoms with Gasteiger partial charge >= 0.3 is 6.09 Å². The number of nitrogens with zero attached hydrogens (tertiary/aromatic N) is 2. The highest BCUT2D eigenvalue weighted by Gasteiger charge is 2.57. The molecule has 31 heavy (non-hydrogen) atoms. The van der Waals surface area contributed by atoms with Gasteiger partial charge in [0.1, 0.15) is 5.75 Å². The molecule has 2 aliphatic heterocycles. The van der Waals surface area contributed by atoms with Crippen LogP contribution in [-0.4, -0.2) is 66.2 Å². The molecule has 4 atom stereocenters. The fourth-order valence-corrected chi connectivity index (χ4v) is 5.82. The first kappa shape index (κ1) is 20.2. The Morgan fingerprint density at radius 1 is 1.16 bits per heavy atom. The van der Waals surface area contributed by atoms with Gasteiger partial charge in [-0.05, 0) is 44.2 Å². The molecule has 1 N–H and O–H groups in total. The van der Waals surface area contributed by atoms with Gasteiger partial charge in [0.2, 0.25) is 5.91 Å². The minimum absolute atomic E-state index is 0.0452. The molecular formula is C23H29N3O5. The predicted octanol–water partition coefficient (Wildman–Crippen LogP) is 2.24. The molecule has 0 unspecified atom stereocenters. The molecule has 1 spiro atoms. The number of piperazine rings is 1. The van der Waals surface area contributed by atoms with Gasteiger partial charge in [-0.25, -0.2) is 4.79 Å². The zero-order chi connectivity index (χ0) is 21.6. The van der Waals surface area contributed by atoms with Crippen LogP contribution in [0.5, 0.6) is 5.75 Å². The van der Waals surface area contributed by atoms with E-state index in [-0.39, 0.29) is 35.7 Å². The van der Waals surface area contributed by atoms with E-state index in [0.29, 0.717) is 50.5 Å². The summed E-state index contributed by atoms with van der Waals surface area (Å²) in [5, 5.41) is 3.14. The maximum absolute atomic E-state index is 13.3. The van der Waals surface area contributed by atoms with Crippen molar-refractivity contribution in [1.29, 1.82) is 0 Å². The fraction of sp³-hybridized carbons (Fsp3) is 0.609. The van der Waals surface area contributed by atoms with Crippen molar-refractivity contribution in [1.82, 2.24) is 15.1 Å². The molecule has 1 aromatic carbocycles. The average Bonchev–Trinajstić information content (AvgIpc) is 2.79. The predicted molar refractivity (Wildman–Crippen MR) is 111 cm³/mol. The first-order chi connectivity index (χ1) is 15.0. The largest absolute Gasteiger partial charge is 0.467 e. The van der Waals surface area contributed by atoms with E-state index in [1.807, 2.05) is 23.1 Å². The SMILES string of the molecule is CCOC(=O)N1CCN(C(=O)[C@@H]2C[C@H]3CC[C@H]2C[C@@]32NC(=O)c3ccccc3O2)CC1. The second-order valence-corrected chi connectivity index (χ2v) is 9.03. The zero-order valence-electron chi connectivity index (χ0n) is 17.8. The number of carbonyl (C=O) groups is 3. The summed E-state index contributed by atoms with van der Waals surface area (Å²) in [6.45, 7) is 4.23. The first-order valence-corrected chi connectivity index (χ1v) is 11.3. The maximum Gasteiger partial charge on any atom is 0.409 e. The highest BCUT2D eigenvalue weighted by atomic mass is 16.6. The molecule has 8 nitrogen and oxygen atoms in total. The molecule has 2 bridgehead atoms. The second kappa shape index (κ2) is 7.73. The van der Waals surface area contributed by atoms with Crippen molar-refractivity contribution in [3.8, 4) is 5.75 Å². The van der Waals surface area contributed by atoms with Crippen LogP contribution in [0.25, 0.3) is 0 Å². The molecule has 3 saturated carbocycles. The lowest BCUT2D eigenvalue weighted by Gasteiger charge is -2.55. The Hall–Kier alpha value is -2.77. The van der Waals surface area contributed by atoms with E-state index in [9.17, 15) is 14.4 Å². The number of benzene rings is 1. The first-order valence-electron chi connectivity index (χ1n) is 11.3. The molecule has 0 radical (unpaired) electrons. The number of ether oxygens (including phenoxy) is 2. The Kier molecular flexibility index (Phi) is 5.02. The summed E-state index contributed by atoms with van der Waals surface area (Å²) in [4.78, 5) is 41.5. The van der Waals surface area contributed by atoms with Gasteiger partial charge < -0.3 is 24.6 Å². The number of carbonyl (C=O) groups excluding carboxylic acids is 3. The van der Waals surface area contributed by atoms with Crippen molar-refractivity contribution in [2.24, 2.45) is 17.8 Å². The van der Waals surface area contributed by atoms with Crippen molar-refractivity contribution in [3.05, 3.63) is 29.8 Å². The normalized spacial score (nSPS) is 31.6. The third-order valence-corrected chi connectivity index (χ3v) is 7.40. The number of hydrogen-bond acceptors (Lipinski definition) is 5. The van der Waals surface area contributed by atoms with E-state index in [2.05, 4.69) is 5.32 Å². The molecule has 5 aliphatic rings. The van der Waals surface area contributed by atoms with Crippen LogP contribution in [0.1, 0.15) is 43.0 Å². The van der Waals surface area contributed by atoms with E-state index in [4.69, 9.17) is 9.47 Å². The van der Waals surface area contributed by atoms with Crippen molar-refractivity contribution < 1.29 is 23.9 Å². The van der Waals surface area contributed by atoms with Gasteiger partial charge in [-0.3, -0.25) is 9.59 Å². The maximum atomic E-state index is 13.3. The summed E-state index contributed by atoms with van der Waals surface area (Å²) in [7, 11) is 0. The molecule has 0 aromatic heterocycles. The Morgan fingerprint density at radius 3 is 2.61 bits per heavy atom. The minimum Gasteiger partial charge on any atom is -0.467 e. The molecule has 8 heteroatoms. The Morgan fingerprint density at radius 2 is 1.90 bits per heavy atom. The van der Waals surface area contributed by atoms with Crippen LogP contribution in [0.4, 0.5) is 4.79 Å². The van der Waals surface area contributed by atoms with Crippen LogP contribution in [0, 0.1) is 17.8 Å². The number of amides is 3. The van der Waals surface area contributed by atoms with Crippen molar-refractivity contribution >= 4 is 17.9 Å². The minimum atomic E-state index is -0.701. The van der Waals surface area contributed by atoms with Crippen LogP contribution >= 0.6 is 0 Å². The number of hydrogen-bond donors (Lipinski definition) is 1. The van der Waals surface area contributed by atoms with Crippen molar-refractivity contribution in [2.45, 2.75) is 38.3 Å². The molecular weight excluding hydrogens is 398 g/mol. The summed E-state index contributed by atoms with van der Waals surface area (Å²) in [6.07, 6.45) is 3.01. The van der Waals surface area contributed by atoms with Crippen molar-refractivity contribution in [2.75, 3.05) is 32.8 Å². The van der Waals surface area contributed by atoms with Crippen molar-refractivity contribution in [3.63, 3.8) is 0 Å². The summed E-state index contributed by atoms with van der Waals surface area (Å²) < 4.78 is 11.5. The second-order valence-electron chi connectivity index (χ2n) is 9.03. The van der Waals surface area contributed by atoms with Crippen LogP contribution in [0.15, 0.2) is 24.3 Å². The van der Waals surface area contributed by atoms with Gasteiger partial charge in [0, 0.05) is 44.4 Å². The van der Waals surface area contributed by atoms with Crippen LogP contribution < -0.4 is 10.1 Å². The summed E-state index contributed by atoms with van der Waals surface area (Å²) >= 11 is 0. The van der Waals surface area contributed by atoms with Gasteiger partial charge in [-0.2, -0.15) is 0 Å².